The first-order chi connectivity index (χ1) is 8.15. The van der Waals surface area contributed by atoms with E-state index in [2.05, 4.69) is 23.0 Å². The topological polar surface area (TPSA) is 51.8 Å². The molecular formula is C13H17N3S. The molecule has 0 aromatic carbocycles. The van der Waals surface area contributed by atoms with Crippen molar-refractivity contribution in [3.8, 4) is 0 Å². The van der Waals surface area contributed by atoms with Crippen molar-refractivity contribution < 1.29 is 0 Å². The van der Waals surface area contributed by atoms with Crippen molar-refractivity contribution in [1.82, 2.24) is 9.97 Å². The lowest BCUT2D eigenvalue weighted by atomic mass is 10.1. The largest absolute Gasteiger partial charge is 0.327 e. The Kier molecular flexibility index (Phi) is 3.86. The molecule has 0 aliphatic rings. The second-order valence-corrected chi connectivity index (χ2v) is 5.57. The molecule has 0 amide bonds. The smallest absolute Gasteiger partial charge is 0.0946 e. The molecule has 3 nitrogen and oxygen atoms in total. The number of nitrogens with zero attached hydrogens (tertiary/aromatic N) is 2. The van der Waals surface area contributed by atoms with Crippen molar-refractivity contribution in [3.63, 3.8) is 0 Å². The quantitative estimate of drug-likeness (QED) is 0.901. The van der Waals surface area contributed by atoms with Crippen molar-refractivity contribution >= 4 is 11.3 Å². The number of aryl methyl sites for hydroxylation is 2. The van der Waals surface area contributed by atoms with E-state index in [4.69, 9.17) is 5.73 Å². The summed E-state index contributed by atoms with van der Waals surface area (Å²) >= 11 is 1.75. The number of hydrogen-bond acceptors (Lipinski definition) is 4. The predicted molar refractivity (Wildman–Crippen MR) is 71.2 cm³/mol. The lowest BCUT2D eigenvalue weighted by molar-refractivity contribution is 0.660. The van der Waals surface area contributed by atoms with Crippen molar-refractivity contribution in [2.45, 2.75) is 32.7 Å². The number of pyridine rings is 1. The van der Waals surface area contributed by atoms with Gasteiger partial charge in [0.15, 0.2) is 0 Å². The van der Waals surface area contributed by atoms with Crippen molar-refractivity contribution in [2.75, 3.05) is 0 Å². The molecular weight excluding hydrogens is 230 g/mol. The molecule has 1 atom stereocenters. The highest BCUT2D eigenvalue weighted by atomic mass is 32.1. The van der Waals surface area contributed by atoms with Gasteiger partial charge in [-0.3, -0.25) is 4.98 Å². The number of nitrogens with two attached hydrogens (primary N) is 1. The molecule has 2 heterocycles. The van der Waals surface area contributed by atoms with Crippen LogP contribution in [-0.4, -0.2) is 16.0 Å². The third kappa shape index (κ3) is 3.35. The molecule has 4 heteroatoms. The SMILES string of the molecule is Cc1nc(CC(N)Cc2cccnc2)sc1C. The first-order valence-corrected chi connectivity index (χ1v) is 6.54. The number of hydrogen-bond donors (Lipinski definition) is 1. The van der Waals surface area contributed by atoms with Gasteiger partial charge in [0, 0.05) is 29.7 Å². The maximum absolute atomic E-state index is 6.14. The highest BCUT2D eigenvalue weighted by Gasteiger charge is 2.10. The van der Waals surface area contributed by atoms with E-state index in [1.54, 1.807) is 17.5 Å². The Morgan fingerprint density at radius 2 is 2.18 bits per heavy atom. The summed E-state index contributed by atoms with van der Waals surface area (Å²) in [7, 11) is 0. The Balaban J connectivity index is 1.95. The van der Waals surface area contributed by atoms with Crippen LogP contribution in [0.3, 0.4) is 0 Å². The van der Waals surface area contributed by atoms with E-state index in [1.807, 2.05) is 19.2 Å². The minimum atomic E-state index is 0.115. The molecule has 1 unspecified atom stereocenters. The van der Waals surface area contributed by atoms with Gasteiger partial charge in [-0.25, -0.2) is 4.98 Å². The Labute approximate surface area is 106 Å². The van der Waals surface area contributed by atoms with Crippen LogP contribution in [0.1, 0.15) is 21.1 Å². The average molecular weight is 247 g/mol. The first-order valence-electron chi connectivity index (χ1n) is 5.72. The van der Waals surface area contributed by atoms with Crippen LogP contribution in [0.15, 0.2) is 24.5 Å². The standard InChI is InChI=1S/C13H17N3S/c1-9-10(2)17-13(16-9)7-12(14)6-11-4-3-5-15-8-11/h3-5,8,12H,6-7,14H2,1-2H3. The van der Waals surface area contributed by atoms with Gasteiger partial charge in [0.25, 0.3) is 0 Å². The van der Waals surface area contributed by atoms with E-state index in [9.17, 15) is 0 Å². The highest BCUT2D eigenvalue weighted by molar-refractivity contribution is 7.11. The Hall–Kier alpha value is -1.26. The van der Waals surface area contributed by atoms with Gasteiger partial charge >= 0.3 is 0 Å². The summed E-state index contributed by atoms with van der Waals surface area (Å²) in [4.78, 5) is 9.89. The van der Waals surface area contributed by atoms with Crippen LogP contribution in [0.2, 0.25) is 0 Å². The molecule has 2 aromatic rings. The summed E-state index contributed by atoms with van der Waals surface area (Å²) in [5, 5.41) is 1.14. The first kappa shape index (κ1) is 12.2. The molecule has 0 bridgehead atoms. The lowest BCUT2D eigenvalue weighted by Crippen LogP contribution is -2.25. The third-order valence-corrected chi connectivity index (χ3v) is 3.83. The van der Waals surface area contributed by atoms with Gasteiger partial charge in [-0.1, -0.05) is 6.07 Å². The van der Waals surface area contributed by atoms with E-state index < -0.39 is 0 Å². The molecule has 90 valence electrons. The van der Waals surface area contributed by atoms with E-state index in [0.29, 0.717) is 0 Å². The van der Waals surface area contributed by atoms with Crippen LogP contribution in [0, 0.1) is 13.8 Å². The van der Waals surface area contributed by atoms with Gasteiger partial charge in [0.05, 0.1) is 10.7 Å². The fourth-order valence-corrected chi connectivity index (χ4v) is 2.77. The summed E-state index contributed by atoms with van der Waals surface area (Å²) in [6.45, 7) is 4.14. The van der Waals surface area contributed by atoms with Gasteiger partial charge < -0.3 is 5.73 Å². The average Bonchev–Trinajstić information content (AvgIpc) is 2.59. The molecule has 0 aliphatic heterocycles. The summed E-state index contributed by atoms with van der Waals surface area (Å²) in [5.74, 6) is 0. The fraction of sp³-hybridized carbons (Fsp3) is 0.385. The third-order valence-electron chi connectivity index (χ3n) is 2.73. The summed E-state index contributed by atoms with van der Waals surface area (Å²) < 4.78 is 0. The van der Waals surface area contributed by atoms with Gasteiger partial charge in [0.1, 0.15) is 0 Å². The van der Waals surface area contributed by atoms with Crippen LogP contribution in [0.5, 0.6) is 0 Å². The second-order valence-electron chi connectivity index (χ2n) is 4.28. The Morgan fingerprint density at radius 3 is 2.76 bits per heavy atom. The fourth-order valence-electron chi connectivity index (χ4n) is 1.74. The molecule has 0 fully saturated rings. The van der Waals surface area contributed by atoms with Gasteiger partial charge in [-0.2, -0.15) is 0 Å². The van der Waals surface area contributed by atoms with Crippen LogP contribution >= 0.6 is 11.3 Å². The summed E-state index contributed by atoms with van der Waals surface area (Å²) in [6, 6.07) is 4.12. The van der Waals surface area contributed by atoms with Gasteiger partial charge in [-0.15, -0.1) is 11.3 Å². The van der Waals surface area contributed by atoms with Crippen LogP contribution in [0.25, 0.3) is 0 Å². The van der Waals surface area contributed by atoms with Crippen LogP contribution < -0.4 is 5.73 Å². The maximum atomic E-state index is 6.14. The number of rotatable bonds is 4. The van der Waals surface area contributed by atoms with Crippen molar-refractivity contribution in [3.05, 3.63) is 45.7 Å². The van der Waals surface area contributed by atoms with E-state index >= 15 is 0 Å². The molecule has 0 aliphatic carbocycles. The highest BCUT2D eigenvalue weighted by Crippen LogP contribution is 2.18. The number of aromatic nitrogens is 2. The maximum Gasteiger partial charge on any atom is 0.0946 e. The normalized spacial score (nSPS) is 12.6. The van der Waals surface area contributed by atoms with Gasteiger partial charge in [-0.05, 0) is 31.9 Å². The number of thiazole rings is 1. The zero-order chi connectivity index (χ0) is 12.3. The van der Waals surface area contributed by atoms with E-state index in [-0.39, 0.29) is 6.04 Å². The van der Waals surface area contributed by atoms with Crippen LogP contribution in [-0.2, 0) is 12.8 Å². The zero-order valence-electron chi connectivity index (χ0n) is 10.2. The molecule has 0 spiro atoms. The molecule has 0 saturated heterocycles. The second kappa shape index (κ2) is 5.38. The Morgan fingerprint density at radius 1 is 1.35 bits per heavy atom. The molecule has 2 aromatic heterocycles. The Bertz CT molecular complexity index is 459. The molecule has 17 heavy (non-hydrogen) atoms. The van der Waals surface area contributed by atoms with Crippen molar-refractivity contribution in [2.24, 2.45) is 5.73 Å². The molecule has 2 rings (SSSR count). The molecule has 0 saturated carbocycles. The zero-order valence-corrected chi connectivity index (χ0v) is 11.0. The monoisotopic (exact) mass is 247 g/mol. The predicted octanol–water partition coefficient (Wildman–Crippen LogP) is 2.27. The van der Waals surface area contributed by atoms with E-state index in [0.717, 1.165) is 23.5 Å². The summed E-state index contributed by atoms with van der Waals surface area (Å²) in [5.41, 5.74) is 8.44. The van der Waals surface area contributed by atoms with Crippen molar-refractivity contribution in [1.29, 1.82) is 0 Å². The summed E-state index contributed by atoms with van der Waals surface area (Å²) in [6.07, 6.45) is 5.35. The van der Waals surface area contributed by atoms with Crippen LogP contribution in [0.4, 0.5) is 0 Å². The molecule has 0 radical (unpaired) electrons. The lowest BCUT2D eigenvalue weighted by Gasteiger charge is -2.09. The minimum absolute atomic E-state index is 0.115. The van der Waals surface area contributed by atoms with E-state index in [1.165, 1.54) is 10.4 Å². The van der Waals surface area contributed by atoms with Gasteiger partial charge in [0.2, 0.25) is 0 Å². The molecule has 2 N–H and O–H groups in total. The minimum Gasteiger partial charge on any atom is -0.327 e.